The van der Waals surface area contributed by atoms with Crippen LogP contribution in [0.15, 0.2) is 16.8 Å². The van der Waals surface area contributed by atoms with E-state index in [0.717, 1.165) is 49.2 Å². The van der Waals surface area contributed by atoms with Crippen molar-refractivity contribution in [2.75, 3.05) is 0 Å². The summed E-state index contributed by atoms with van der Waals surface area (Å²) in [6, 6.07) is 0. The summed E-state index contributed by atoms with van der Waals surface area (Å²) >= 11 is 3.09. The fourth-order valence-corrected chi connectivity index (χ4v) is 5.22. The molecule has 6 heterocycles. The zero-order valence-corrected chi connectivity index (χ0v) is 19.9. The monoisotopic (exact) mass is 474 g/mol. The summed E-state index contributed by atoms with van der Waals surface area (Å²) in [5.74, 6) is 1.37. The van der Waals surface area contributed by atoms with Crippen LogP contribution in [0, 0.1) is 27.7 Å². The number of hydrogen-bond acceptors (Lipinski definition) is 9. The molecule has 0 spiro atoms. The van der Waals surface area contributed by atoms with E-state index < -0.39 is 0 Å². The number of aromatic amines is 1. The number of H-pyrrole nitrogens is 1. The fourth-order valence-electron chi connectivity index (χ4n) is 3.69. The lowest BCUT2D eigenvalue weighted by molar-refractivity contribution is 0.934. The van der Waals surface area contributed by atoms with Gasteiger partial charge in [-0.3, -0.25) is 5.10 Å². The Balaban J connectivity index is 1.39. The molecule has 0 atom stereocenters. The van der Waals surface area contributed by atoms with Crippen LogP contribution in [-0.4, -0.2) is 49.6 Å². The molecule has 0 amide bonds. The van der Waals surface area contributed by atoms with Crippen molar-refractivity contribution < 1.29 is 0 Å². The van der Waals surface area contributed by atoms with E-state index in [1.807, 2.05) is 61.2 Å². The van der Waals surface area contributed by atoms with Crippen molar-refractivity contribution in [2.24, 2.45) is 0 Å². The molecular formula is C21H18N10S2. The minimum Gasteiger partial charge on any atom is -0.294 e. The number of hydrogen-bond donors (Lipinski definition) is 1. The molecule has 0 radical (unpaired) electrons. The molecule has 0 aliphatic heterocycles. The largest absolute Gasteiger partial charge is 0.294 e. The number of nitrogens with zero attached hydrogens (tertiary/aromatic N) is 9. The Labute approximate surface area is 195 Å². The molecule has 6 aromatic heterocycles. The Morgan fingerprint density at radius 2 is 1.52 bits per heavy atom. The van der Waals surface area contributed by atoms with E-state index in [1.165, 1.54) is 11.3 Å². The highest BCUT2D eigenvalue weighted by Crippen LogP contribution is 2.25. The van der Waals surface area contributed by atoms with E-state index in [2.05, 4.69) is 40.6 Å². The van der Waals surface area contributed by atoms with Gasteiger partial charge >= 0.3 is 0 Å². The van der Waals surface area contributed by atoms with Crippen molar-refractivity contribution in [3.63, 3.8) is 0 Å². The number of fused-ring (bicyclic) bond motifs is 2. The van der Waals surface area contributed by atoms with E-state index in [0.29, 0.717) is 17.3 Å². The van der Waals surface area contributed by atoms with Crippen molar-refractivity contribution in [2.45, 2.75) is 27.7 Å². The fraction of sp³-hybridized carbons (Fsp3) is 0.190. The predicted octanol–water partition coefficient (Wildman–Crippen LogP) is 3.19. The quantitative estimate of drug-likeness (QED) is 0.417. The van der Waals surface area contributed by atoms with Gasteiger partial charge in [0.15, 0.2) is 21.3 Å². The standard InChI is InChI=1S/C21H18N10S2/c1-10-8-32-20(22-10)18-26-24-16-14(12(3)28-30(16)18)6-5-7-15-13(4)29-31-17(15)25-27-19(31)21-23-11(2)9-33-21/h5-9,28H,1-4H3. The first kappa shape index (κ1) is 19.9. The van der Waals surface area contributed by atoms with E-state index in [1.54, 1.807) is 15.9 Å². The normalized spacial score (nSPS) is 12.9. The second-order valence-electron chi connectivity index (χ2n) is 7.71. The predicted molar refractivity (Wildman–Crippen MR) is 128 cm³/mol. The maximum Gasteiger partial charge on any atom is 0.214 e. The summed E-state index contributed by atoms with van der Waals surface area (Å²) in [4.78, 5) is 9.04. The molecule has 0 aliphatic carbocycles. The molecule has 0 aliphatic rings. The molecular weight excluding hydrogens is 456 g/mol. The van der Waals surface area contributed by atoms with E-state index >= 15 is 0 Å². The van der Waals surface area contributed by atoms with Crippen LogP contribution in [0.5, 0.6) is 0 Å². The van der Waals surface area contributed by atoms with E-state index in [9.17, 15) is 0 Å². The second-order valence-corrected chi connectivity index (χ2v) is 9.42. The van der Waals surface area contributed by atoms with Gasteiger partial charge in [0.2, 0.25) is 11.6 Å². The molecule has 164 valence electrons. The Hall–Kier alpha value is -3.77. The third kappa shape index (κ3) is 3.17. The molecule has 0 bridgehead atoms. The van der Waals surface area contributed by atoms with Crippen LogP contribution < -0.4 is 5.22 Å². The maximum absolute atomic E-state index is 4.64. The highest BCUT2D eigenvalue weighted by atomic mass is 32.1. The van der Waals surface area contributed by atoms with Gasteiger partial charge in [-0.15, -0.1) is 43.1 Å². The first-order chi connectivity index (χ1) is 16.0. The van der Waals surface area contributed by atoms with Crippen LogP contribution in [0.25, 0.3) is 45.1 Å². The van der Waals surface area contributed by atoms with Gasteiger partial charge in [-0.2, -0.15) is 9.61 Å². The van der Waals surface area contributed by atoms with Crippen LogP contribution in [0.1, 0.15) is 28.3 Å². The minimum absolute atomic E-state index is 0.659. The Morgan fingerprint density at radius 1 is 0.848 bits per heavy atom. The van der Waals surface area contributed by atoms with Crippen molar-refractivity contribution in [3.8, 4) is 21.7 Å². The molecule has 10 nitrogen and oxygen atoms in total. The van der Waals surface area contributed by atoms with Gasteiger partial charge in [-0.05, 0) is 39.8 Å². The van der Waals surface area contributed by atoms with Crippen molar-refractivity contribution in [1.29, 1.82) is 0 Å². The summed E-state index contributed by atoms with van der Waals surface area (Å²) in [6.45, 7) is 7.91. The van der Waals surface area contributed by atoms with Crippen LogP contribution in [0.4, 0.5) is 0 Å². The van der Waals surface area contributed by atoms with E-state index in [4.69, 9.17) is 0 Å². The molecule has 0 fully saturated rings. The van der Waals surface area contributed by atoms with Gasteiger partial charge in [0.25, 0.3) is 0 Å². The lowest BCUT2D eigenvalue weighted by Gasteiger charge is -1.90. The van der Waals surface area contributed by atoms with Crippen molar-refractivity contribution in [3.05, 3.63) is 50.4 Å². The number of aryl methyl sites for hydroxylation is 4. The Kier molecular flexibility index (Phi) is 4.45. The molecule has 33 heavy (non-hydrogen) atoms. The zero-order valence-electron chi connectivity index (χ0n) is 18.2. The molecule has 6 rings (SSSR count). The lowest BCUT2D eigenvalue weighted by Crippen LogP contribution is -2.01. The van der Waals surface area contributed by atoms with Crippen LogP contribution in [0.2, 0.25) is 0 Å². The SMILES string of the molecule is Cc1csc(-c2nnc3c(=CC=Cc4c(C)[nH]n5c(-c6nc(C)cs6)nnc45)c(C)nn23)n1. The number of allylic oxidation sites excluding steroid dienone is 1. The van der Waals surface area contributed by atoms with Gasteiger partial charge in [0.05, 0.1) is 5.69 Å². The van der Waals surface area contributed by atoms with Gasteiger partial charge in [-0.25, -0.2) is 14.5 Å². The summed E-state index contributed by atoms with van der Waals surface area (Å²) in [6.07, 6.45) is 5.98. The molecule has 1 N–H and O–H groups in total. The highest BCUT2D eigenvalue weighted by molar-refractivity contribution is 7.13. The van der Waals surface area contributed by atoms with Crippen LogP contribution >= 0.6 is 22.7 Å². The first-order valence-electron chi connectivity index (χ1n) is 10.2. The molecule has 0 saturated heterocycles. The lowest BCUT2D eigenvalue weighted by atomic mass is 10.2. The average molecular weight is 475 g/mol. The summed E-state index contributed by atoms with van der Waals surface area (Å²) in [7, 11) is 0. The Morgan fingerprint density at radius 3 is 2.21 bits per heavy atom. The van der Waals surface area contributed by atoms with Gasteiger partial charge in [0, 0.05) is 38.6 Å². The minimum atomic E-state index is 0.659. The zero-order chi connectivity index (χ0) is 22.7. The molecule has 6 aromatic rings. The van der Waals surface area contributed by atoms with Crippen LogP contribution in [0.3, 0.4) is 0 Å². The van der Waals surface area contributed by atoms with Crippen molar-refractivity contribution in [1.82, 2.24) is 49.6 Å². The molecule has 12 heteroatoms. The van der Waals surface area contributed by atoms with Gasteiger partial charge < -0.3 is 0 Å². The second kappa shape index (κ2) is 7.39. The van der Waals surface area contributed by atoms with Gasteiger partial charge in [-0.1, -0.05) is 6.08 Å². The maximum atomic E-state index is 4.64. The average Bonchev–Trinajstić information content (AvgIpc) is 3.59. The molecule has 0 unspecified atom stereocenters. The summed E-state index contributed by atoms with van der Waals surface area (Å²) in [5.41, 5.74) is 6.22. The smallest absolute Gasteiger partial charge is 0.214 e. The third-order valence-electron chi connectivity index (χ3n) is 5.26. The number of thiazole rings is 2. The molecule has 0 aromatic carbocycles. The van der Waals surface area contributed by atoms with Gasteiger partial charge in [0.1, 0.15) is 0 Å². The Bertz CT molecular complexity index is 1730. The molecule has 0 saturated carbocycles. The third-order valence-corrected chi connectivity index (χ3v) is 7.17. The summed E-state index contributed by atoms with van der Waals surface area (Å²) < 4.78 is 3.63. The number of nitrogens with one attached hydrogen (secondary N) is 1. The summed E-state index contributed by atoms with van der Waals surface area (Å²) in [5, 5.41) is 31.9. The number of rotatable bonds is 4. The van der Waals surface area contributed by atoms with Crippen molar-refractivity contribution >= 4 is 46.1 Å². The van der Waals surface area contributed by atoms with E-state index in [-0.39, 0.29) is 0 Å². The highest BCUT2D eigenvalue weighted by Gasteiger charge is 2.17. The van der Waals surface area contributed by atoms with Crippen LogP contribution in [-0.2, 0) is 0 Å². The number of aromatic nitrogens is 10. The first-order valence-corrected chi connectivity index (χ1v) is 11.9. The topological polar surface area (TPSA) is 115 Å².